The summed E-state index contributed by atoms with van der Waals surface area (Å²) in [6, 6.07) is 64.7. The van der Waals surface area contributed by atoms with Gasteiger partial charge in [0.2, 0.25) is 0 Å². The van der Waals surface area contributed by atoms with Gasteiger partial charge in [-0.1, -0.05) is 115 Å². The molecule has 0 atom stereocenters. The molecule has 0 saturated heterocycles. The van der Waals surface area contributed by atoms with E-state index in [2.05, 4.69) is 191 Å². The van der Waals surface area contributed by atoms with E-state index >= 15 is 0 Å². The molecule has 12 rings (SSSR count). The van der Waals surface area contributed by atoms with Crippen molar-refractivity contribution in [1.29, 1.82) is 0 Å². The third-order valence-corrected chi connectivity index (χ3v) is 11.1. The molecule has 0 N–H and O–H groups in total. The first kappa shape index (κ1) is 29.3. The van der Waals surface area contributed by atoms with E-state index in [0.29, 0.717) is 0 Å². The van der Waals surface area contributed by atoms with Gasteiger partial charge in [0.15, 0.2) is 5.58 Å². The molecule has 3 heterocycles. The van der Waals surface area contributed by atoms with Crippen LogP contribution in [0.5, 0.6) is 0 Å². The van der Waals surface area contributed by atoms with Crippen LogP contribution in [0.3, 0.4) is 0 Å². The van der Waals surface area contributed by atoms with Gasteiger partial charge in [0.1, 0.15) is 16.7 Å². The number of furan rings is 2. The standard InChI is InChI=1S/C50H30N2O2/c1-2-14-33(15-3-1)51-42-20-9-8-18-41(42)47-43(51)21-11-22-44(47)52(34-26-29-37-39-27-24-31-12-4-6-16-35(31)48(39)53-46(37)30-34)45-23-10-19-38-40-28-25-32-13-5-7-17-36(32)49(40)54-50(38)45/h1-30H. The van der Waals surface area contributed by atoms with E-state index in [-0.39, 0.29) is 0 Å². The van der Waals surface area contributed by atoms with Crippen molar-refractivity contribution in [2.75, 3.05) is 4.90 Å². The number of fused-ring (bicyclic) bond motifs is 13. The van der Waals surface area contributed by atoms with E-state index in [1.807, 2.05) is 0 Å². The van der Waals surface area contributed by atoms with Crippen LogP contribution in [0.4, 0.5) is 17.1 Å². The molecular formula is C50H30N2O2. The minimum atomic E-state index is 0.836. The van der Waals surface area contributed by atoms with E-state index in [1.54, 1.807) is 0 Å². The molecule has 252 valence electrons. The molecule has 9 aromatic carbocycles. The normalized spacial score (nSPS) is 12.1. The molecule has 0 aliphatic rings. The Morgan fingerprint density at radius 2 is 0.944 bits per heavy atom. The Labute approximate surface area is 309 Å². The first-order chi connectivity index (χ1) is 26.8. The summed E-state index contributed by atoms with van der Waals surface area (Å²) in [5.74, 6) is 0. The molecule has 0 bridgehead atoms. The molecular weight excluding hydrogens is 661 g/mol. The van der Waals surface area contributed by atoms with Gasteiger partial charge < -0.3 is 18.3 Å². The van der Waals surface area contributed by atoms with Crippen molar-refractivity contribution in [1.82, 2.24) is 4.57 Å². The number of rotatable bonds is 4. The Kier molecular flexibility index (Phi) is 6.02. The highest BCUT2D eigenvalue weighted by Gasteiger charge is 2.25. The zero-order valence-electron chi connectivity index (χ0n) is 29.0. The van der Waals surface area contributed by atoms with Crippen molar-refractivity contribution < 1.29 is 8.83 Å². The van der Waals surface area contributed by atoms with Crippen molar-refractivity contribution in [3.63, 3.8) is 0 Å². The predicted octanol–water partition coefficient (Wildman–Crippen LogP) is 14.4. The Morgan fingerprint density at radius 3 is 1.74 bits per heavy atom. The first-order valence-corrected chi connectivity index (χ1v) is 18.3. The van der Waals surface area contributed by atoms with Gasteiger partial charge in [-0.3, -0.25) is 0 Å². The summed E-state index contributed by atoms with van der Waals surface area (Å²) in [7, 11) is 0. The fourth-order valence-electron chi connectivity index (χ4n) is 8.77. The molecule has 0 saturated carbocycles. The zero-order chi connectivity index (χ0) is 35.3. The average Bonchev–Trinajstić information content (AvgIpc) is 3.92. The molecule has 54 heavy (non-hydrogen) atoms. The zero-order valence-corrected chi connectivity index (χ0v) is 29.0. The van der Waals surface area contributed by atoms with Crippen LogP contribution in [0, 0.1) is 0 Å². The highest BCUT2D eigenvalue weighted by Crippen LogP contribution is 2.48. The van der Waals surface area contributed by atoms with Crippen LogP contribution in [0.15, 0.2) is 191 Å². The Hall–Kier alpha value is -7.30. The predicted molar refractivity (Wildman–Crippen MR) is 225 cm³/mol. The van der Waals surface area contributed by atoms with Crippen LogP contribution >= 0.6 is 0 Å². The SMILES string of the molecule is c1ccc(-n2c3ccccc3c3c(N(c4ccc5c(c4)oc4c6ccccc6ccc54)c4cccc5c4oc4c6ccccc6ccc54)cccc32)cc1. The number of benzene rings is 9. The topological polar surface area (TPSA) is 34.5 Å². The van der Waals surface area contributed by atoms with Crippen LogP contribution in [-0.2, 0) is 0 Å². The number of para-hydroxylation sites is 3. The minimum absolute atomic E-state index is 0.836. The maximum absolute atomic E-state index is 7.01. The van der Waals surface area contributed by atoms with Gasteiger partial charge in [0.05, 0.1) is 28.1 Å². The highest BCUT2D eigenvalue weighted by atomic mass is 16.3. The molecule has 3 aromatic heterocycles. The Bertz CT molecular complexity index is 3460. The molecule has 4 nitrogen and oxygen atoms in total. The maximum atomic E-state index is 7.01. The van der Waals surface area contributed by atoms with Crippen LogP contribution in [0.25, 0.3) is 92.9 Å². The molecule has 0 amide bonds. The Morgan fingerprint density at radius 1 is 0.370 bits per heavy atom. The van der Waals surface area contributed by atoms with E-state index in [0.717, 1.165) is 105 Å². The fourth-order valence-corrected chi connectivity index (χ4v) is 8.77. The maximum Gasteiger partial charge on any atom is 0.159 e. The van der Waals surface area contributed by atoms with Gasteiger partial charge in [-0.05, 0) is 71.4 Å². The summed E-state index contributed by atoms with van der Waals surface area (Å²) in [6.07, 6.45) is 0. The van der Waals surface area contributed by atoms with Gasteiger partial charge in [-0.25, -0.2) is 0 Å². The molecule has 4 heteroatoms. The summed E-state index contributed by atoms with van der Waals surface area (Å²) >= 11 is 0. The summed E-state index contributed by atoms with van der Waals surface area (Å²) in [5.41, 5.74) is 9.87. The van der Waals surface area contributed by atoms with Gasteiger partial charge in [0, 0.05) is 54.8 Å². The number of aromatic nitrogens is 1. The molecule has 0 radical (unpaired) electrons. The number of nitrogens with zero attached hydrogens (tertiary/aromatic N) is 2. The van der Waals surface area contributed by atoms with E-state index in [9.17, 15) is 0 Å². The molecule has 0 aliphatic carbocycles. The van der Waals surface area contributed by atoms with E-state index in [4.69, 9.17) is 8.83 Å². The van der Waals surface area contributed by atoms with Crippen LogP contribution < -0.4 is 4.90 Å². The summed E-state index contributed by atoms with van der Waals surface area (Å²) in [5, 5.41) is 11.3. The quantitative estimate of drug-likeness (QED) is 0.184. The minimum Gasteiger partial charge on any atom is -0.455 e. The smallest absolute Gasteiger partial charge is 0.159 e. The van der Waals surface area contributed by atoms with E-state index < -0.39 is 0 Å². The van der Waals surface area contributed by atoms with Gasteiger partial charge in [0.25, 0.3) is 0 Å². The molecule has 0 unspecified atom stereocenters. The van der Waals surface area contributed by atoms with Crippen LogP contribution in [-0.4, -0.2) is 4.57 Å². The lowest BCUT2D eigenvalue weighted by Gasteiger charge is -2.26. The lowest BCUT2D eigenvalue weighted by Crippen LogP contribution is -2.10. The lowest BCUT2D eigenvalue weighted by molar-refractivity contribution is 0.671. The van der Waals surface area contributed by atoms with Crippen LogP contribution in [0.2, 0.25) is 0 Å². The number of anilines is 3. The van der Waals surface area contributed by atoms with Crippen molar-refractivity contribution in [2.24, 2.45) is 0 Å². The second kappa shape index (κ2) is 11.1. The first-order valence-electron chi connectivity index (χ1n) is 18.3. The average molecular weight is 691 g/mol. The summed E-state index contributed by atoms with van der Waals surface area (Å²) in [6.45, 7) is 0. The largest absolute Gasteiger partial charge is 0.455 e. The van der Waals surface area contributed by atoms with Crippen molar-refractivity contribution in [2.45, 2.75) is 0 Å². The van der Waals surface area contributed by atoms with Crippen molar-refractivity contribution >= 4 is 104 Å². The third kappa shape index (κ3) is 4.08. The monoisotopic (exact) mass is 690 g/mol. The van der Waals surface area contributed by atoms with Gasteiger partial charge in [-0.15, -0.1) is 0 Å². The Balaban J connectivity index is 1.19. The number of hydrogen-bond acceptors (Lipinski definition) is 3. The molecule has 0 aliphatic heterocycles. The van der Waals surface area contributed by atoms with Crippen molar-refractivity contribution in [3.05, 3.63) is 182 Å². The molecule has 12 aromatic rings. The number of hydrogen-bond donors (Lipinski definition) is 0. The highest BCUT2D eigenvalue weighted by molar-refractivity contribution is 6.21. The second-order valence-corrected chi connectivity index (χ2v) is 14.1. The fraction of sp³-hybridized carbons (Fsp3) is 0. The second-order valence-electron chi connectivity index (χ2n) is 14.1. The summed E-state index contributed by atoms with van der Waals surface area (Å²) in [4.78, 5) is 2.36. The summed E-state index contributed by atoms with van der Waals surface area (Å²) < 4.78 is 16.2. The molecule has 0 fully saturated rings. The van der Waals surface area contributed by atoms with E-state index in [1.165, 1.54) is 5.39 Å². The van der Waals surface area contributed by atoms with Crippen LogP contribution in [0.1, 0.15) is 0 Å². The van der Waals surface area contributed by atoms with Gasteiger partial charge >= 0.3 is 0 Å². The third-order valence-electron chi connectivity index (χ3n) is 11.1. The van der Waals surface area contributed by atoms with Gasteiger partial charge in [-0.2, -0.15) is 0 Å². The lowest BCUT2D eigenvalue weighted by atomic mass is 10.0. The molecule has 0 spiro atoms. The van der Waals surface area contributed by atoms with Crippen molar-refractivity contribution in [3.8, 4) is 5.69 Å².